The quantitative estimate of drug-likeness (QED) is 0.346. The fourth-order valence-corrected chi connectivity index (χ4v) is 3.83. The van der Waals surface area contributed by atoms with Gasteiger partial charge in [0.1, 0.15) is 0 Å². The van der Waals surface area contributed by atoms with Crippen molar-refractivity contribution in [1.82, 2.24) is 19.9 Å². The standard InChI is InChI=1S/C23H18ClN5O4S/c1-32-18-7-2-3-8-19(18)33-20-21(24)27-22(16-9-13-25-14-10-16)28-23(20)29-34(30,31)15-11-17-6-4-5-12-26-17/h2-15H,1H3,(H,27,28,29). The Bertz CT molecular complexity index is 1420. The van der Waals surface area contributed by atoms with E-state index in [0.717, 1.165) is 5.41 Å². The van der Waals surface area contributed by atoms with Gasteiger partial charge in [-0.1, -0.05) is 29.8 Å². The predicted molar refractivity (Wildman–Crippen MR) is 129 cm³/mol. The zero-order chi connectivity index (χ0) is 24.0. The van der Waals surface area contributed by atoms with Crippen molar-refractivity contribution >= 4 is 33.5 Å². The molecular formula is C23H18ClN5O4S. The molecule has 34 heavy (non-hydrogen) atoms. The molecule has 9 nitrogen and oxygen atoms in total. The lowest BCUT2D eigenvalue weighted by Crippen LogP contribution is -2.12. The maximum Gasteiger partial charge on any atom is 0.256 e. The van der Waals surface area contributed by atoms with Crippen LogP contribution in [0.3, 0.4) is 0 Å². The highest BCUT2D eigenvalue weighted by atomic mass is 35.5. The molecule has 0 unspecified atom stereocenters. The fourth-order valence-electron chi connectivity index (χ4n) is 2.83. The summed E-state index contributed by atoms with van der Waals surface area (Å²) in [6.45, 7) is 0. The maximum atomic E-state index is 12.8. The minimum atomic E-state index is -4.02. The maximum absolute atomic E-state index is 12.8. The molecule has 1 N–H and O–H groups in total. The van der Waals surface area contributed by atoms with Crippen LogP contribution < -0.4 is 14.2 Å². The van der Waals surface area contributed by atoms with E-state index in [9.17, 15) is 8.42 Å². The number of ether oxygens (including phenoxy) is 2. The second-order valence-corrected chi connectivity index (χ2v) is 8.63. The molecule has 0 saturated heterocycles. The molecule has 0 aliphatic heterocycles. The molecule has 4 aromatic rings. The number of methoxy groups -OCH3 is 1. The van der Waals surface area contributed by atoms with Gasteiger partial charge in [0.15, 0.2) is 28.3 Å². The van der Waals surface area contributed by atoms with Crippen LogP contribution in [0.25, 0.3) is 17.5 Å². The Morgan fingerprint density at radius 2 is 1.68 bits per heavy atom. The molecule has 172 valence electrons. The van der Waals surface area contributed by atoms with Crippen LogP contribution in [0.2, 0.25) is 5.15 Å². The van der Waals surface area contributed by atoms with Gasteiger partial charge in [-0.15, -0.1) is 0 Å². The largest absolute Gasteiger partial charge is 0.493 e. The van der Waals surface area contributed by atoms with Gasteiger partial charge in [-0.05, 0) is 42.5 Å². The lowest BCUT2D eigenvalue weighted by molar-refractivity contribution is 0.378. The van der Waals surface area contributed by atoms with Crippen LogP contribution in [0.4, 0.5) is 5.82 Å². The molecule has 0 fully saturated rings. The number of nitrogens with zero attached hydrogens (tertiary/aromatic N) is 4. The zero-order valence-corrected chi connectivity index (χ0v) is 19.4. The highest BCUT2D eigenvalue weighted by Gasteiger charge is 2.21. The first kappa shape index (κ1) is 23.1. The van der Waals surface area contributed by atoms with Gasteiger partial charge in [0.2, 0.25) is 5.75 Å². The molecule has 0 atom stereocenters. The Morgan fingerprint density at radius 3 is 2.38 bits per heavy atom. The van der Waals surface area contributed by atoms with Crippen molar-refractivity contribution in [2.24, 2.45) is 0 Å². The van der Waals surface area contributed by atoms with Crippen LogP contribution in [-0.2, 0) is 10.0 Å². The minimum absolute atomic E-state index is 0.0845. The Morgan fingerprint density at radius 1 is 0.941 bits per heavy atom. The van der Waals surface area contributed by atoms with E-state index in [1.54, 1.807) is 73.2 Å². The molecule has 4 rings (SSSR count). The molecule has 0 aliphatic rings. The van der Waals surface area contributed by atoms with Gasteiger partial charge >= 0.3 is 0 Å². The number of aromatic nitrogens is 4. The molecule has 0 bridgehead atoms. The van der Waals surface area contributed by atoms with Crippen molar-refractivity contribution in [2.75, 3.05) is 11.8 Å². The van der Waals surface area contributed by atoms with Crippen LogP contribution >= 0.6 is 11.6 Å². The second kappa shape index (κ2) is 10.3. The lowest BCUT2D eigenvalue weighted by atomic mass is 10.2. The third-order valence-corrected chi connectivity index (χ3v) is 5.62. The first-order valence-corrected chi connectivity index (χ1v) is 11.8. The van der Waals surface area contributed by atoms with Crippen LogP contribution in [0.5, 0.6) is 17.2 Å². The van der Waals surface area contributed by atoms with Crippen molar-refractivity contribution in [3.63, 3.8) is 0 Å². The molecule has 1 aromatic carbocycles. The van der Waals surface area contributed by atoms with Gasteiger partial charge in [0, 0.05) is 24.2 Å². The third kappa shape index (κ3) is 5.66. The van der Waals surface area contributed by atoms with Crippen molar-refractivity contribution in [3.8, 4) is 28.6 Å². The van der Waals surface area contributed by atoms with Crippen molar-refractivity contribution < 1.29 is 17.9 Å². The summed E-state index contributed by atoms with van der Waals surface area (Å²) in [6.07, 6.45) is 6.04. The summed E-state index contributed by atoms with van der Waals surface area (Å²) >= 11 is 6.44. The fraction of sp³-hybridized carbons (Fsp3) is 0.0435. The summed E-state index contributed by atoms with van der Waals surface area (Å²) in [6, 6.07) is 15.3. The number of anilines is 1. The Balaban J connectivity index is 1.76. The van der Waals surface area contributed by atoms with Crippen molar-refractivity contribution in [3.05, 3.63) is 89.4 Å². The highest BCUT2D eigenvalue weighted by Crippen LogP contribution is 2.39. The summed E-state index contributed by atoms with van der Waals surface area (Å²) in [7, 11) is -2.54. The summed E-state index contributed by atoms with van der Waals surface area (Å²) in [4.78, 5) is 16.7. The summed E-state index contributed by atoms with van der Waals surface area (Å²) in [5.74, 6) is 0.672. The van der Waals surface area contributed by atoms with E-state index < -0.39 is 10.0 Å². The monoisotopic (exact) mass is 495 g/mol. The molecule has 3 heterocycles. The van der Waals surface area contributed by atoms with Gasteiger partial charge in [-0.25, -0.2) is 18.4 Å². The molecule has 3 aromatic heterocycles. The average molecular weight is 496 g/mol. The summed E-state index contributed by atoms with van der Waals surface area (Å²) < 4.78 is 39.3. The van der Waals surface area contributed by atoms with Crippen molar-refractivity contribution in [1.29, 1.82) is 0 Å². The van der Waals surface area contributed by atoms with Crippen LogP contribution in [-0.4, -0.2) is 35.5 Å². The topological polar surface area (TPSA) is 116 Å². The Labute approximate surface area is 201 Å². The van der Waals surface area contributed by atoms with Crippen LogP contribution in [0, 0.1) is 0 Å². The number of para-hydroxylation sites is 2. The Kier molecular flexibility index (Phi) is 7.00. The third-order valence-electron chi connectivity index (χ3n) is 4.39. The number of rotatable bonds is 8. The number of hydrogen-bond donors (Lipinski definition) is 1. The molecule has 0 saturated carbocycles. The predicted octanol–water partition coefficient (Wildman–Crippen LogP) is 4.80. The molecular weight excluding hydrogens is 478 g/mol. The van der Waals surface area contributed by atoms with Gasteiger partial charge in [0.05, 0.1) is 18.2 Å². The van der Waals surface area contributed by atoms with E-state index in [-0.39, 0.29) is 22.5 Å². The van der Waals surface area contributed by atoms with Gasteiger partial charge < -0.3 is 9.47 Å². The first-order chi connectivity index (χ1) is 16.4. The summed E-state index contributed by atoms with van der Waals surface area (Å²) in [5.41, 5.74) is 1.06. The van der Waals surface area contributed by atoms with E-state index in [1.165, 1.54) is 13.2 Å². The smallest absolute Gasteiger partial charge is 0.256 e. The van der Waals surface area contributed by atoms with Crippen molar-refractivity contribution in [2.45, 2.75) is 0 Å². The van der Waals surface area contributed by atoms with Crippen LogP contribution in [0.15, 0.2) is 78.6 Å². The van der Waals surface area contributed by atoms with Gasteiger partial charge in [-0.3, -0.25) is 14.7 Å². The van der Waals surface area contributed by atoms with E-state index in [1.807, 2.05) is 0 Å². The van der Waals surface area contributed by atoms with Crippen LogP contribution in [0.1, 0.15) is 5.69 Å². The number of nitrogens with one attached hydrogen (secondary N) is 1. The molecule has 0 radical (unpaired) electrons. The van der Waals surface area contributed by atoms with E-state index >= 15 is 0 Å². The second-order valence-electron chi connectivity index (χ2n) is 6.71. The van der Waals surface area contributed by atoms with Gasteiger partial charge in [-0.2, -0.15) is 0 Å². The number of benzene rings is 1. The zero-order valence-electron chi connectivity index (χ0n) is 17.8. The number of hydrogen-bond acceptors (Lipinski definition) is 8. The summed E-state index contributed by atoms with van der Waals surface area (Å²) in [5, 5.41) is 0.878. The normalized spacial score (nSPS) is 11.4. The number of sulfonamides is 1. The number of halogens is 1. The van der Waals surface area contributed by atoms with E-state index in [0.29, 0.717) is 22.8 Å². The molecule has 11 heteroatoms. The molecule has 0 amide bonds. The van der Waals surface area contributed by atoms with Gasteiger partial charge in [0.25, 0.3) is 10.0 Å². The number of pyridine rings is 2. The molecule has 0 aliphatic carbocycles. The SMILES string of the molecule is COc1ccccc1Oc1c(Cl)nc(-c2ccncc2)nc1NS(=O)(=O)C=Cc1ccccn1. The highest BCUT2D eigenvalue weighted by molar-refractivity contribution is 7.95. The minimum Gasteiger partial charge on any atom is -0.493 e. The van der Waals surface area contributed by atoms with E-state index in [4.69, 9.17) is 21.1 Å². The van der Waals surface area contributed by atoms with E-state index in [2.05, 4.69) is 24.7 Å². The lowest BCUT2D eigenvalue weighted by Gasteiger charge is -2.15. The molecule has 0 spiro atoms. The Hall–Kier alpha value is -4.02. The first-order valence-electron chi connectivity index (χ1n) is 9.86. The average Bonchev–Trinajstić information content (AvgIpc) is 2.86.